The average Bonchev–Trinajstić information content (AvgIpc) is 1.35. The lowest BCUT2D eigenvalue weighted by Gasteiger charge is -1.91. The van der Waals surface area contributed by atoms with Crippen molar-refractivity contribution in [3.63, 3.8) is 0 Å². The number of alkyl halides is 1. The van der Waals surface area contributed by atoms with E-state index in [-0.39, 0.29) is 0 Å². The van der Waals surface area contributed by atoms with Crippen molar-refractivity contribution >= 4 is 11.9 Å². The molecular formula is C3H8FNS. The Morgan fingerprint density at radius 1 is 2.00 bits per heavy atom. The zero-order valence-electron chi connectivity index (χ0n) is 3.65. The minimum atomic E-state index is -0.764. The van der Waals surface area contributed by atoms with E-state index in [0.29, 0.717) is 5.75 Å². The molecule has 3 heteroatoms. The number of hydrogen-bond donors (Lipinski definition) is 1. The summed E-state index contributed by atoms with van der Waals surface area (Å²) in [7, 11) is 0. The van der Waals surface area contributed by atoms with Gasteiger partial charge < -0.3 is 0 Å². The van der Waals surface area contributed by atoms with Crippen LogP contribution in [0.2, 0.25) is 0 Å². The van der Waals surface area contributed by atoms with Crippen LogP contribution >= 0.6 is 11.9 Å². The van der Waals surface area contributed by atoms with Crippen LogP contribution in [0.25, 0.3) is 0 Å². The van der Waals surface area contributed by atoms with Crippen LogP contribution in [0.3, 0.4) is 0 Å². The van der Waals surface area contributed by atoms with Crippen LogP contribution in [0.1, 0.15) is 6.92 Å². The summed E-state index contributed by atoms with van der Waals surface area (Å²) < 4.78 is 11.6. The minimum absolute atomic E-state index is 0.403. The van der Waals surface area contributed by atoms with Gasteiger partial charge in [-0.05, 0) is 6.92 Å². The van der Waals surface area contributed by atoms with Crippen molar-refractivity contribution < 1.29 is 4.39 Å². The number of nitrogens with two attached hydrogens (primary N) is 1. The Balaban J connectivity index is 2.63. The molecule has 0 fully saturated rings. The van der Waals surface area contributed by atoms with Crippen molar-refractivity contribution in [3.8, 4) is 0 Å². The second-order valence-corrected chi connectivity index (χ2v) is 1.78. The second-order valence-electron chi connectivity index (χ2n) is 1.11. The maximum absolute atomic E-state index is 11.6. The summed E-state index contributed by atoms with van der Waals surface area (Å²) in [5.41, 5.74) is 0. The minimum Gasteiger partial charge on any atom is -0.278 e. The lowest BCUT2D eigenvalue weighted by Crippen LogP contribution is -1.97. The van der Waals surface area contributed by atoms with Crippen molar-refractivity contribution in [2.75, 3.05) is 5.75 Å². The molecule has 0 aliphatic carbocycles. The van der Waals surface area contributed by atoms with Gasteiger partial charge in [-0.25, -0.2) is 4.39 Å². The molecule has 0 aliphatic rings. The molecule has 6 heavy (non-hydrogen) atoms. The Bertz CT molecular complexity index is 32.0. The first-order chi connectivity index (χ1) is 2.77. The molecule has 0 aromatic carbocycles. The maximum atomic E-state index is 11.6. The summed E-state index contributed by atoms with van der Waals surface area (Å²) in [6.07, 6.45) is -0.764. The fourth-order valence-electron chi connectivity index (χ4n) is 0.133. The summed E-state index contributed by atoms with van der Waals surface area (Å²) in [5.74, 6) is 0.403. The van der Waals surface area contributed by atoms with Gasteiger partial charge in [-0.3, -0.25) is 5.14 Å². The lowest BCUT2D eigenvalue weighted by molar-refractivity contribution is 0.398. The first-order valence-electron chi connectivity index (χ1n) is 1.73. The van der Waals surface area contributed by atoms with E-state index in [1.165, 1.54) is 6.92 Å². The Morgan fingerprint density at radius 3 is 2.50 bits per heavy atom. The van der Waals surface area contributed by atoms with Crippen molar-refractivity contribution in [1.82, 2.24) is 0 Å². The normalized spacial score (nSPS) is 14.5. The molecule has 38 valence electrons. The number of halogens is 1. The van der Waals surface area contributed by atoms with Gasteiger partial charge in [0.25, 0.3) is 0 Å². The van der Waals surface area contributed by atoms with Gasteiger partial charge in [0.2, 0.25) is 0 Å². The molecule has 0 amide bonds. The first kappa shape index (κ1) is 6.24. The molecule has 0 spiro atoms. The Hall–Kier alpha value is 0.240. The Morgan fingerprint density at radius 2 is 2.50 bits per heavy atom. The highest BCUT2D eigenvalue weighted by atomic mass is 32.2. The Labute approximate surface area is 41.2 Å². The van der Waals surface area contributed by atoms with Gasteiger partial charge in [-0.1, -0.05) is 11.9 Å². The monoisotopic (exact) mass is 109 g/mol. The van der Waals surface area contributed by atoms with Crippen molar-refractivity contribution in [1.29, 1.82) is 0 Å². The van der Waals surface area contributed by atoms with E-state index in [2.05, 4.69) is 0 Å². The summed E-state index contributed by atoms with van der Waals surface area (Å²) in [5, 5.41) is 4.91. The van der Waals surface area contributed by atoms with Gasteiger partial charge in [0.1, 0.15) is 6.17 Å². The van der Waals surface area contributed by atoms with E-state index in [1.807, 2.05) is 0 Å². The van der Waals surface area contributed by atoms with Gasteiger partial charge in [-0.2, -0.15) is 0 Å². The van der Waals surface area contributed by atoms with Crippen molar-refractivity contribution in [2.24, 2.45) is 5.14 Å². The molecule has 0 saturated carbocycles. The molecule has 1 atom stereocenters. The van der Waals surface area contributed by atoms with Crippen LogP contribution in [0.5, 0.6) is 0 Å². The largest absolute Gasteiger partial charge is 0.278 e. The molecule has 0 aliphatic heterocycles. The van der Waals surface area contributed by atoms with Crippen molar-refractivity contribution in [3.05, 3.63) is 0 Å². The Kier molecular flexibility index (Phi) is 3.57. The highest BCUT2D eigenvalue weighted by Crippen LogP contribution is 1.94. The van der Waals surface area contributed by atoms with E-state index in [0.717, 1.165) is 11.9 Å². The van der Waals surface area contributed by atoms with E-state index in [4.69, 9.17) is 5.14 Å². The van der Waals surface area contributed by atoms with Gasteiger partial charge in [0.15, 0.2) is 0 Å². The highest BCUT2D eigenvalue weighted by Gasteiger charge is 1.91. The zero-order valence-corrected chi connectivity index (χ0v) is 4.46. The van der Waals surface area contributed by atoms with Crippen LogP contribution in [-0.2, 0) is 0 Å². The summed E-state index contributed by atoms with van der Waals surface area (Å²) in [6.45, 7) is 1.49. The van der Waals surface area contributed by atoms with Crippen LogP contribution in [0, 0.1) is 0 Å². The van der Waals surface area contributed by atoms with E-state index in [1.54, 1.807) is 0 Å². The van der Waals surface area contributed by atoms with E-state index >= 15 is 0 Å². The second kappa shape index (κ2) is 3.43. The third kappa shape index (κ3) is 4.24. The van der Waals surface area contributed by atoms with Crippen LogP contribution in [0.4, 0.5) is 4.39 Å². The molecule has 2 N–H and O–H groups in total. The smallest absolute Gasteiger partial charge is 0.108 e. The van der Waals surface area contributed by atoms with Gasteiger partial charge >= 0.3 is 0 Å². The predicted octanol–water partition coefficient (Wildman–Crippen LogP) is 0.951. The molecule has 0 aromatic heterocycles. The molecule has 0 bridgehead atoms. The molecule has 0 radical (unpaired) electrons. The fraction of sp³-hybridized carbons (Fsp3) is 1.00. The molecule has 0 rings (SSSR count). The van der Waals surface area contributed by atoms with Gasteiger partial charge in [0.05, 0.1) is 0 Å². The molecular weight excluding hydrogens is 101 g/mol. The van der Waals surface area contributed by atoms with Gasteiger partial charge in [0, 0.05) is 5.75 Å². The maximum Gasteiger partial charge on any atom is 0.108 e. The van der Waals surface area contributed by atoms with Crippen LogP contribution in [0.15, 0.2) is 0 Å². The highest BCUT2D eigenvalue weighted by molar-refractivity contribution is 7.97. The van der Waals surface area contributed by atoms with Crippen LogP contribution < -0.4 is 5.14 Å². The molecule has 0 aromatic rings. The first-order valence-corrected chi connectivity index (χ1v) is 2.78. The summed E-state index contributed by atoms with van der Waals surface area (Å²) in [6, 6.07) is 0. The lowest BCUT2D eigenvalue weighted by atomic mass is 10.5. The SMILES string of the molecule is C[C@H](F)CSN. The number of rotatable bonds is 2. The zero-order chi connectivity index (χ0) is 4.99. The summed E-state index contributed by atoms with van der Waals surface area (Å²) >= 11 is 1.03. The van der Waals surface area contributed by atoms with Gasteiger partial charge in [-0.15, -0.1) is 0 Å². The third-order valence-corrected chi connectivity index (χ3v) is 0.978. The third-order valence-electron chi connectivity index (χ3n) is 0.326. The van der Waals surface area contributed by atoms with Crippen molar-refractivity contribution in [2.45, 2.75) is 13.1 Å². The topological polar surface area (TPSA) is 26.0 Å². The van der Waals surface area contributed by atoms with E-state index < -0.39 is 6.17 Å². The molecule has 0 unspecified atom stereocenters. The fourth-order valence-corrected chi connectivity index (χ4v) is 0.398. The molecule has 0 saturated heterocycles. The van der Waals surface area contributed by atoms with E-state index in [9.17, 15) is 4.39 Å². The average molecular weight is 109 g/mol. The summed E-state index contributed by atoms with van der Waals surface area (Å²) in [4.78, 5) is 0. The molecule has 0 heterocycles. The predicted molar refractivity (Wildman–Crippen MR) is 27.2 cm³/mol. The standard InChI is InChI=1S/C3H8FNS/c1-3(4)2-6-5/h3H,2,5H2,1H3/t3-/m0/s1. The van der Waals surface area contributed by atoms with Crippen LogP contribution in [-0.4, -0.2) is 11.9 Å². The molecule has 1 nitrogen and oxygen atoms in total. The number of hydrogen-bond acceptors (Lipinski definition) is 2. The quantitative estimate of drug-likeness (QED) is 0.534.